The molecule has 1 amide bonds. The van der Waals surface area contributed by atoms with Gasteiger partial charge in [-0.25, -0.2) is 4.68 Å². The van der Waals surface area contributed by atoms with Gasteiger partial charge in [0.05, 0.1) is 18.3 Å². The Balaban J connectivity index is 1.27. The molecule has 1 aliphatic rings. The van der Waals surface area contributed by atoms with E-state index in [1.807, 2.05) is 47.4 Å². The van der Waals surface area contributed by atoms with Crippen LogP contribution in [-0.4, -0.2) is 22.2 Å². The van der Waals surface area contributed by atoms with Crippen molar-refractivity contribution in [1.82, 2.24) is 15.1 Å². The summed E-state index contributed by atoms with van der Waals surface area (Å²) < 4.78 is 1.87. The van der Waals surface area contributed by atoms with Gasteiger partial charge in [-0.05, 0) is 66.5 Å². The van der Waals surface area contributed by atoms with Gasteiger partial charge in [-0.1, -0.05) is 36.4 Å². The Kier molecular flexibility index (Phi) is 5.33. The van der Waals surface area contributed by atoms with E-state index < -0.39 is 0 Å². The molecule has 0 spiro atoms. The van der Waals surface area contributed by atoms with Crippen LogP contribution in [0.1, 0.15) is 35.1 Å². The molecule has 138 valence electrons. The first-order chi connectivity index (χ1) is 13.3. The Labute approximate surface area is 160 Å². The molecule has 0 bridgehead atoms. The molecule has 27 heavy (non-hydrogen) atoms. The average Bonchev–Trinajstić information content (AvgIpc) is 3.17. The normalized spacial score (nSPS) is 13.2. The molecule has 1 aliphatic carbocycles. The molecule has 0 unspecified atom stereocenters. The number of carbonyl (C=O) groups is 1. The van der Waals surface area contributed by atoms with Crippen LogP contribution >= 0.6 is 0 Å². The van der Waals surface area contributed by atoms with E-state index in [1.165, 1.54) is 30.4 Å². The summed E-state index contributed by atoms with van der Waals surface area (Å²) in [7, 11) is 0. The first-order valence-electron chi connectivity index (χ1n) is 9.74. The Bertz CT molecular complexity index is 914. The largest absolute Gasteiger partial charge is 0.355 e. The van der Waals surface area contributed by atoms with E-state index in [-0.39, 0.29) is 5.91 Å². The van der Waals surface area contributed by atoms with Crippen molar-refractivity contribution in [3.05, 3.63) is 83.2 Å². The Morgan fingerprint density at radius 2 is 1.81 bits per heavy atom. The maximum Gasteiger partial charge on any atom is 0.224 e. The number of para-hydroxylation sites is 1. The van der Waals surface area contributed by atoms with Crippen LogP contribution in [0.2, 0.25) is 0 Å². The zero-order valence-electron chi connectivity index (χ0n) is 15.5. The molecule has 1 heterocycles. The third kappa shape index (κ3) is 4.45. The second kappa shape index (κ2) is 8.21. The number of aromatic nitrogens is 2. The van der Waals surface area contributed by atoms with E-state index in [0.29, 0.717) is 13.0 Å². The van der Waals surface area contributed by atoms with Crippen molar-refractivity contribution < 1.29 is 4.79 Å². The van der Waals surface area contributed by atoms with Crippen LogP contribution in [0.3, 0.4) is 0 Å². The van der Waals surface area contributed by atoms with Crippen molar-refractivity contribution in [2.75, 3.05) is 6.54 Å². The summed E-state index contributed by atoms with van der Waals surface area (Å²) in [4.78, 5) is 12.3. The first-order valence-corrected chi connectivity index (χ1v) is 9.74. The molecule has 1 aromatic heterocycles. The molecule has 1 N–H and O–H groups in total. The zero-order chi connectivity index (χ0) is 18.5. The van der Waals surface area contributed by atoms with E-state index in [9.17, 15) is 4.79 Å². The van der Waals surface area contributed by atoms with Crippen molar-refractivity contribution in [2.45, 2.75) is 38.5 Å². The van der Waals surface area contributed by atoms with E-state index in [4.69, 9.17) is 0 Å². The minimum Gasteiger partial charge on any atom is -0.355 e. The number of aryl methyl sites for hydroxylation is 2. The van der Waals surface area contributed by atoms with E-state index >= 15 is 0 Å². The number of hydrogen-bond donors (Lipinski definition) is 1. The van der Waals surface area contributed by atoms with Gasteiger partial charge < -0.3 is 5.32 Å². The lowest BCUT2D eigenvalue weighted by atomic mass is 9.90. The fourth-order valence-electron chi connectivity index (χ4n) is 3.70. The third-order valence-corrected chi connectivity index (χ3v) is 5.17. The number of benzene rings is 2. The SMILES string of the molecule is O=C(Cc1ccc2c(c1)CCCC2)NCCc1cnn(-c2ccccc2)c1. The van der Waals surface area contributed by atoms with Crippen molar-refractivity contribution >= 4 is 5.91 Å². The maximum atomic E-state index is 12.3. The summed E-state index contributed by atoms with van der Waals surface area (Å²) in [6.07, 6.45) is 9.99. The molecule has 0 saturated carbocycles. The Morgan fingerprint density at radius 3 is 2.67 bits per heavy atom. The summed E-state index contributed by atoms with van der Waals surface area (Å²) >= 11 is 0. The molecular formula is C23H25N3O. The lowest BCUT2D eigenvalue weighted by Gasteiger charge is -2.16. The first kappa shape index (κ1) is 17.5. The van der Waals surface area contributed by atoms with Gasteiger partial charge in [0.15, 0.2) is 0 Å². The number of rotatable bonds is 6. The Morgan fingerprint density at radius 1 is 1.00 bits per heavy atom. The zero-order valence-corrected chi connectivity index (χ0v) is 15.5. The molecular weight excluding hydrogens is 334 g/mol. The fraction of sp³-hybridized carbons (Fsp3) is 0.304. The lowest BCUT2D eigenvalue weighted by Crippen LogP contribution is -2.27. The highest BCUT2D eigenvalue weighted by molar-refractivity contribution is 5.78. The van der Waals surface area contributed by atoms with Crippen LogP contribution < -0.4 is 5.32 Å². The van der Waals surface area contributed by atoms with Crippen molar-refractivity contribution in [3.8, 4) is 5.69 Å². The predicted molar refractivity (Wildman–Crippen MR) is 107 cm³/mol. The van der Waals surface area contributed by atoms with E-state index in [1.54, 1.807) is 0 Å². The molecule has 0 fully saturated rings. The van der Waals surface area contributed by atoms with Gasteiger partial charge in [-0.15, -0.1) is 0 Å². The minimum atomic E-state index is 0.0845. The fourth-order valence-corrected chi connectivity index (χ4v) is 3.70. The van der Waals surface area contributed by atoms with Crippen LogP contribution in [0.5, 0.6) is 0 Å². The predicted octanol–water partition coefficient (Wildman–Crippen LogP) is 3.65. The maximum absolute atomic E-state index is 12.3. The second-order valence-corrected chi connectivity index (χ2v) is 7.22. The highest BCUT2D eigenvalue weighted by Gasteiger charge is 2.11. The lowest BCUT2D eigenvalue weighted by molar-refractivity contribution is -0.120. The van der Waals surface area contributed by atoms with Gasteiger partial charge in [-0.3, -0.25) is 4.79 Å². The van der Waals surface area contributed by atoms with Gasteiger partial charge in [0.25, 0.3) is 0 Å². The van der Waals surface area contributed by atoms with E-state index in [0.717, 1.165) is 29.7 Å². The summed E-state index contributed by atoms with van der Waals surface area (Å²) in [6.45, 7) is 0.629. The molecule has 0 aliphatic heterocycles. The topological polar surface area (TPSA) is 46.9 Å². The number of nitrogens with zero attached hydrogens (tertiary/aromatic N) is 2. The molecule has 4 nitrogen and oxygen atoms in total. The number of fused-ring (bicyclic) bond motifs is 1. The minimum absolute atomic E-state index is 0.0845. The van der Waals surface area contributed by atoms with E-state index in [2.05, 4.69) is 28.6 Å². The van der Waals surface area contributed by atoms with Gasteiger partial charge in [0.2, 0.25) is 5.91 Å². The van der Waals surface area contributed by atoms with Gasteiger partial charge in [0.1, 0.15) is 0 Å². The quantitative estimate of drug-likeness (QED) is 0.730. The highest BCUT2D eigenvalue weighted by atomic mass is 16.1. The molecule has 0 atom stereocenters. The average molecular weight is 359 g/mol. The van der Waals surface area contributed by atoms with Crippen molar-refractivity contribution in [3.63, 3.8) is 0 Å². The summed E-state index contributed by atoms with van der Waals surface area (Å²) in [5, 5.41) is 7.43. The Hall–Kier alpha value is -2.88. The summed E-state index contributed by atoms with van der Waals surface area (Å²) in [5.41, 5.74) is 6.17. The number of amides is 1. The van der Waals surface area contributed by atoms with Gasteiger partial charge >= 0.3 is 0 Å². The van der Waals surface area contributed by atoms with Crippen LogP contribution in [0.15, 0.2) is 60.9 Å². The van der Waals surface area contributed by atoms with Crippen LogP contribution in [-0.2, 0) is 30.5 Å². The summed E-state index contributed by atoms with van der Waals surface area (Å²) in [6, 6.07) is 16.6. The number of hydrogen-bond acceptors (Lipinski definition) is 2. The molecule has 4 heteroatoms. The standard InChI is InChI=1S/C23H25N3O/c27-23(15-18-10-11-20-6-4-5-7-21(20)14-18)24-13-12-19-16-25-26(17-19)22-8-2-1-3-9-22/h1-3,8-11,14,16-17H,4-7,12-13,15H2,(H,24,27). The van der Waals surface area contributed by atoms with Crippen molar-refractivity contribution in [2.24, 2.45) is 0 Å². The number of carbonyl (C=O) groups excluding carboxylic acids is 1. The van der Waals surface area contributed by atoms with Crippen LogP contribution in [0, 0.1) is 0 Å². The van der Waals surface area contributed by atoms with Crippen LogP contribution in [0.4, 0.5) is 0 Å². The smallest absolute Gasteiger partial charge is 0.224 e. The van der Waals surface area contributed by atoms with Crippen molar-refractivity contribution in [1.29, 1.82) is 0 Å². The molecule has 3 aromatic rings. The molecule has 0 radical (unpaired) electrons. The highest BCUT2D eigenvalue weighted by Crippen LogP contribution is 2.22. The monoisotopic (exact) mass is 359 g/mol. The van der Waals surface area contributed by atoms with Crippen LogP contribution in [0.25, 0.3) is 5.69 Å². The molecule has 2 aromatic carbocycles. The third-order valence-electron chi connectivity index (χ3n) is 5.17. The second-order valence-electron chi connectivity index (χ2n) is 7.22. The summed E-state index contributed by atoms with van der Waals surface area (Å²) in [5.74, 6) is 0.0845. The molecule has 0 saturated heterocycles. The number of nitrogens with one attached hydrogen (secondary N) is 1. The molecule has 4 rings (SSSR count). The van der Waals surface area contributed by atoms with Gasteiger partial charge in [-0.2, -0.15) is 5.10 Å². The van der Waals surface area contributed by atoms with Gasteiger partial charge in [0, 0.05) is 12.7 Å².